The van der Waals surface area contributed by atoms with E-state index < -0.39 is 0 Å². The summed E-state index contributed by atoms with van der Waals surface area (Å²) >= 11 is 0. The molecule has 1 aromatic heterocycles. The van der Waals surface area contributed by atoms with E-state index in [2.05, 4.69) is 6.92 Å². The molecule has 1 fully saturated rings. The third-order valence-corrected chi connectivity index (χ3v) is 3.99. The molecule has 1 atom stereocenters. The van der Waals surface area contributed by atoms with Crippen LogP contribution in [0.1, 0.15) is 45.6 Å². The summed E-state index contributed by atoms with van der Waals surface area (Å²) in [4.78, 5) is 14.7. The first-order chi connectivity index (χ1) is 9.76. The number of rotatable bonds is 6. The number of amides is 1. The van der Waals surface area contributed by atoms with E-state index in [1.54, 1.807) is 0 Å². The van der Waals surface area contributed by atoms with Crippen molar-refractivity contribution in [1.82, 2.24) is 9.47 Å². The molecule has 4 nitrogen and oxygen atoms in total. The molecule has 0 bridgehead atoms. The first-order valence-electron chi connectivity index (χ1n) is 7.79. The minimum Gasteiger partial charge on any atom is -0.378 e. The Hall–Kier alpha value is -1.29. The third kappa shape index (κ3) is 3.63. The van der Waals surface area contributed by atoms with Gasteiger partial charge in [0.25, 0.3) is 0 Å². The number of likely N-dealkylation sites (tertiary alicyclic amines) is 1. The van der Waals surface area contributed by atoms with Crippen LogP contribution in [0.15, 0.2) is 24.5 Å². The van der Waals surface area contributed by atoms with Crippen LogP contribution in [0.5, 0.6) is 0 Å². The molecule has 1 aromatic rings. The Morgan fingerprint density at radius 3 is 2.45 bits per heavy atom. The van der Waals surface area contributed by atoms with Crippen LogP contribution in [0.4, 0.5) is 0 Å². The molecule has 0 saturated carbocycles. The molecule has 0 spiro atoms. The van der Waals surface area contributed by atoms with Crippen molar-refractivity contribution in [1.29, 1.82) is 0 Å². The monoisotopic (exact) mass is 278 g/mol. The first-order valence-corrected chi connectivity index (χ1v) is 7.79. The Labute approximate surface area is 121 Å². The molecule has 1 amide bonds. The van der Waals surface area contributed by atoms with Crippen molar-refractivity contribution < 1.29 is 9.53 Å². The summed E-state index contributed by atoms with van der Waals surface area (Å²) in [5.41, 5.74) is 0. The van der Waals surface area contributed by atoms with Gasteiger partial charge in [-0.05, 0) is 38.3 Å². The van der Waals surface area contributed by atoms with Gasteiger partial charge in [0.15, 0.2) is 0 Å². The minimum atomic E-state index is -0.0429. The zero-order chi connectivity index (χ0) is 14.4. The van der Waals surface area contributed by atoms with E-state index in [0.717, 1.165) is 45.4 Å². The van der Waals surface area contributed by atoms with Gasteiger partial charge in [0.2, 0.25) is 5.91 Å². The lowest BCUT2D eigenvalue weighted by atomic mass is 10.0. The van der Waals surface area contributed by atoms with Crippen molar-refractivity contribution in [3.8, 4) is 0 Å². The maximum Gasteiger partial charge on any atom is 0.245 e. The summed E-state index contributed by atoms with van der Waals surface area (Å²) in [7, 11) is 0. The quantitative estimate of drug-likeness (QED) is 0.802. The fraction of sp³-hybridized carbons (Fsp3) is 0.688. The number of carbonyl (C=O) groups excluding carboxylic acids is 1. The highest BCUT2D eigenvalue weighted by Crippen LogP contribution is 2.21. The highest BCUT2D eigenvalue weighted by Gasteiger charge is 2.28. The molecule has 112 valence electrons. The van der Waals surface area contributed by atoms with Gasteiger partial charge < -0.3 is 14.2 Å². The molecule has 2 rings (SSSR count). The number of piperidine rings is 1. The summed E-state index contributed by atoms with van der Waals surface area (Å²) in [5.74, 6) is 0.262. The fourth-order valence-electron chi connectivity index (χ4n) is 2.92. The zero-order valence-corrected chi connectivity index (χ0v) is 12.6. The standard InChI is InChI=1S/C16H26N2O2/c1-3-7-15(17-10-5-6-11-17)16(19)18-12-8-14(9-13-18)20-4-2/h5-6,10-11,14-15H,3-4,7-9,12-13H2,1-2H3/t15-/m1/s1. The van der Waals surface area contributed by atoms with Crippen molar-refractivity contribution >= 4 is 5.91 Å². The number of hydrogen-bond donors (Lipinski definition) is 0. The molecular formula is C16H26N2O2. The Balaban J connectivity index is 1.95. The molecule has 1 saturated heterocycles. The van der Waals surface area contributed by atoms with Crippen LogP contribution in [-0.2, 0) is 9.53 Å². The van der Waals surface area contributed by atoms with Gasteiger partial charge in [-0.3, -0.25) is 4.79 Å². The Morgan fingerprint density at radius 1 is 1.25 bits per heavy atom. The molecule has 0 aromatic carbocycles. The van der Waals surface area contributed by atoms with Crippen molar-refractivity contribution in [2.45, 2.75) is 51.7 Å². The zero-order valence-electron chi connectivity index (χ0n) is 12.6. The molecule has 1 aliphatic heterocycles. The van der Waals surface area contributed by atoms with Crippen LogP contribution in [0, 0.1) is 0 Å². The Morgan fingerprint density at radius 2 is 1.90 bits per heavy atom. The third-order valence-electron chi connectivity index (χ3n) is 3.99. The lowest BCUT2D eigenvalue weighted by Gasteiger charge is -2.34. The summed E-state index contributed by atoms with van der Waals surface area (Å²) in [6.45, 7) is 6.57. The normalized spacial score (nSPS) is 18.2. The van der Waals surface area contributed by atoms with Gasteiger partial charge in [0.1, 0.15) is 6.04 Å². The summed E-state index contributed by atoms with van der Waals surface area (Å²) in [6.07, 6.45) is 8.16. The molecule has 1 aliphatic rings. The van der Waals surface area contributed by atoms with Gasteiger partial charge in [-0.15, -0.1) is 0 Å². The first kappa shape index (κ1) is 15.1. The van der Waals surface area contributed by atoms with Crippen molar-refractivity contribution in [2.24, 2.45) is 0 Å². The van der Waals surface area contributed by atoms with Gasteiger partial charge in [0, 0.05) is 32.1 Å². The molecule has 4 heteroatoms. The van der Waals surface area contributed by atoms with Gasteiger partial charge in [-0.2, -0.15) is 0 Å². The molecular weight excluding hydrogens is 252 g/mol. The number of hydrogen-bond acceptors (Lipinski definition) is 2. The van der Waals surface area contributed by atoms with Gasteiger partial charge in [-0.1, -0.05) is 13.3 Å². The van der Waals surface area contributed by atoms with Crippen LogP contribution in [0.2, 0.25) is 0 Å². The molecule has 0 unspecified atom stereocenters. The maximum absolute atomic E-state index is 12.7. The lowest BCUT2D eigenvalue weighted by molar-refractivity contribution is -0.137. The van der Waals surface area contributed by atoms with Crippen LogP contribution in [0.3, 0.4) is 0 Å². The second-order valence-corrected chi connectivity index (χ2v) is 5.41. The van der Waals surface area contributed by atoms with Crippen LogP contribution < -0.4 is 0 Å². The topological polar surface area (TPSA) is 34.5 Å². The van der Waals surface area contributed by atoms with Crippen molar-refractivity contribution in [3.63, 3.8) is 0 Å². The fourth-order valence-corrected chi connectivity index (χ4v) is 2.92. The van der Waals surface area contributed by atoms with E-state index in [9.17, 15) is 4.79 Å². The Kier molecular flexibility index (Phi) is 5.65. The number of carbonyl (C=O) groups is 1. The molecule has 0 radical (unpaired) electrons. The lowest BCUT2D eigenvalue weighted by Crippen LogP contribution is -2.44. The average Bonchev–Trinajstić information content (AvgIpc) is 2.99. The van der Waals surface area contributed by atoms with Gasteiger partial charge >= 0.3 is 0 Å². The highest BCUT2D eigenvalue weighted by molar-refractivity contribution is 5.80. The molecule has 20 heavy (non-hydrogen) atoms. The van der Waals surface area contributed by atoms with E-state index in [1.807, 2.05) is 40.9 Å². The molecule has 0 N–H and O–H groups in total. The van der Waals surface area contributed by atoms with E-state index in [0.29, 0.717) is 6.10 Å². The van der Waals surface area contributed by atoms with Gasteiger partial charge in [-0.25, -0.2) is 0 Å². The average molecular weight is 278 g/mol. The second kappa shape index (κ2) is 7.48. The molecule has 0 aliphatic carbocycles. The van der Waals surface area contributed by atoms with Crippen molar-refractivity contribution in [2.75, 3.05) is 19.7 Å². The maximum atomic E-state index is 12.7. The highest BCUT2D eigenvalue weighted by atomic mass is 16.5. The van der Waals surface area contributed by atoms with E-state index in [-0.39, 0.29) is 11.9 Å². The SMILES string of the molecule is CCC[C@H](C(=O)N1CCC(OCC)CC1)n1cccc1. The smallest absolute Gasteiger partial charge is 0.245 e. The van der Waals surface area contributed by atoms with Crippen LogP contribution in [0.25, 0.3) is 0 Å². The number of ether oxygens (including phenoxy) is 1. The summed E-state index contributed by atoms with van der Waals surface area (Å²) in [6, 6.07) is 3.92. The Bertz CT molecular complexity index is 395. The van der Waals surface area contributed by atoms with E-state index in [1.165, 1.54) is 0 Å². The second-order valence-electron chi connectivity index (χ2n) is 5.41. The van der Waals surface area contributed by atoms with Crippen LogP contribution >= 0.6 is 0 Å². The summed E-state index contributed by atoms with van der Waals surface area (Å²) < 4.78 is 7.69. The minimum absolute atomic E-state index is 0.0429. The van der Waals surface area contributed by atoms with Crippen molar-refractivity contribution in [3.05, 3.63) is 24.5 Å². The summed E-state index contributed by atoms with van der Waals surface area (Å²) in [5, 5.41) is 0. The van der Waals surface area contributed by atoms with E-state index in [4.69, 9.17) is 4.74 Å². The largest absolute Gasteiger partial charge is 0.378 e. The number of nitrogens with zero attached hydrogens (tertiary/aromatic N) is 2. The number of aromatic nitrogens is 1. The van der Waals surface area contributed by atoms with Crippen LogP contribution in [-0.4, -0.2) is 41.2 Å². The van der Waals surface area contributed by atoms with Gasteiger partial charge in [0.05, 0.1) is 6.10 Å². The van der Waals surface area contributed by atoms with E-state index >= 15 is 0 Å². The predicted molar refractivity (Wildman–Crippen MR) is 79.6 cm³/mol. The molecule has 2 heterocycles. The predicted octanol–water partition coefficient (Wildman–Crippen LogP) is 2.86.